The van der Waals surface area contributed by atoms with E-state index in [4.69, 9.17) is 4.74 Å². The highest BCUT2D eigenvalue weighted by molar-refractivity contribution is 7.13. The second kappa shape index (κ2) is 6.43. The van der Waals surface area contributed by atoms with Crippen LogP contribution in [0.1, 0.15) is 40.0 Å². The van der Waals surface area contributed by atoms with E-state index < -0.39 is 5.60 Å². The van der Waals surface area contributed by atoms with Crippen LogP contribution in [0.5, 0.6) is 0 Å². The Morgan fingerprint density at radius 3 is 2.95 bits per heavy atom. The molecule has 1 saturated carbocycles. The van der Waals surface area contributed by atoms with Gasteiger partial charge in [0.05, 0.1) is 0 Å². The van der Waals surface area contributed by atoms with Crippen molar-refractivity contribution in [3.05, 3.63) is 11.6 Å². The first-order chi connectivity index (χ1) is 9.44. The number of hydrogen-bond acceptors (Lipinski definition) is 5. The van der Waals surface area contributed by atoms with Crippen molar-refractivity contribution in [2.75, 3.05) is 11.9 Å². The highest BCUT2D eigenvalue weighted by Gasteiger charge is 2.28. The van der Waals surface area contributed by atoms with Gasteiger partial charge in [-0.2, -0.15) is 0 Å². The molecular formula is C14H23N3O2S. The first kappa shape index (κ1) is 15.1. The van der Waals surface area contributed by atoms with Crippen LogP contribution in [0.25, 0.3) is 0 Å². The fourth-order valence-electron chi connectivity index (χ4n) is 2.45. The molecule has 2 rings (SSSR count). The van der Waals surface area contributed by atoms with E-state index in [2.05, 4.69) is 15.6 Å². The van der Waals surface area contributed by atoms with E-state index in [-0.39, 0.29) is 6.09 Å². The monoisotopic (exact) mass is 297 g/mol. The Bertz CT molecular complexity index is 428. The van der Waals surface area contributed by atoms with Gasteiger partial charge in [0.25, 0.3) is 0 Å². The molecule has 0 aliphatic heterocycles. The lowest BCUT2D eigenvalue weighted by Gasteiger charge is -2.23. The van der Waals surface area contributed by atoms with Crippen molar-refractivity contribution in [3.8, 4) is 0 Å². The van der Waals surface area contributed by atoms with Gasteiger partial charge in [-0.3, -0.25) is 0 Å². The number of alkyl carbamates (subject to hydrolysis) is 1. The van der Waals surface area contributed by atoms with Gasteiger partial charge in [0.15, 0.2) is 5.13 Å². The summed E-state index contributed by atoms with van der Waals surface area (Å²) in [6, 6.07) is 0.385. The summed E-state index contributed by atoms with van der Waals surface area (Å²) in [5.41, 5.74) is -0.446. The van der Waals surface area contributed by atoms with Gasteiger partial charge in [-0.05, 0) is 39.5 Å². The number of amides is 1. The molecule has 0 spiro atoms. The summed E-state index contributed by atoms with van der Waals surface area (Å²) in [4.78, 5) is 15.9. The number of rotatable bonds is 4. The molecule has 0 aromatic carbocycles. The molecule has 2 atom stereocenters. The van der Waals surface area contributed by atoms with Gasteiger partial charge >= 0.3 is 6.09 Å². The minimum Gasteiger partial charge on any atom is -0.444 e. The van der Waals surface area contributed by atoms with Gasteiger partial charge in [0.1, 0.15) is 5.60 Å². The Hall–Kier alpha value is -1.30. The van der Waals surface area contributed by atoms with E-state index in [0.717, 1.165) is 18.0 Å². The van der Waals surface area contributed by atoms with Crippen LogP contribution in [-0.2, 0) is 4.74 Å². The summed E-state index contributed by atoms with van der Waals surface area (Å²) < 4.78 is 5.26. The molecule has 0 radical (unpaired) electrons. The molecule has 2 N–H and O–H groups in total. The summed E-state index contributed by atoms with van der Waals surface area (Å²) >= 11 is 1.61. The van der Waals surface area contributed by atoms with E-state index in [1.807, 2.05) is 26.2 Å². The predicted octanol–water partition coefficient (Wildman–Crippen LogP) is 3.25. The summed E-state index contributed by atoms with van der Waals surface area (Å²) in [6.07, 6.45) is 4.90. The Morgan fingerprint density at radius 2 is 2.30 bits per heavy atom. The maximum Gasteiger partial charge on any atom is 0.407 e. The fraction of sp³-hybridized carbons (Fsp3) is 0.714. The number of carbonyl (C=O) groups excluding carboxylic acids is 1. The molecule has 1 aromatic heterocycles. The van der Waals surface area contributed by atoms with E-state index >= 15 is 0 Å². The molecule has 5 nitrogen and oxygen atoms in total. The maximum absolute atomic E-state index is 11.7. The van der Waals surface area contributed by atoms with Crippen molar-refractivity contribution in [1.82, 2.24) is 10.3 Å². The first-order valence-electron chi connectivity index (χ1n) is 7.07. The SMILES string of the molecule is CC(C)(C)OC(=O)NCC1CCCC1Nc1nccs1. The summed E-state index contributed by atoms with van der Waals surface area (Å²) in [5.74, 6) is 0.436. The molecule has 1 fully saturated rings. The maximum atomic E-state index is 11.7. The smallest absolute Gasteiger partial charge is 0.407 e. The number of ether oxygens (including phenoxy) is 1. The largest absolute Gasteiger partial charge is 0.444 e. The van der Waals surface area contributed by atoms with Gasteiger partial charge in [0.2, 0.25) is 0 Å². The standard InChI is InChI=1S/C14H23N3O2S/c1-14(2,3)19-13(18)16-9-10-5-4-6-11(10)17-12-15-7-8-20-12/h7-8,10-11H,4-6,9H2,1-3H3,(H,15,17)(H,16,18). The lowest BCUT2D eigenvalue weighted by atomic mass is 10.0. The lowest BCUT2D eigenvalue weighted by Crippen LogP contribution is -2.38. The summed E-state index contributed by atoms with van der Waals surface area (Å²) in [5, 5.41) is 9.25. The lowest BCUT2D eigenvalue weighted by molar-refractivity contribution is 0.0519. The number of nitrogens with one attached hydrogen (secondary N) is 2. The van der Waals surface area contributed by atoms with Crippen LogP contribution in [0.4, 0.5) is 9.93 Å². The molecule has 6 heteroatoms. The Labute approximate surface area is 124 Å². The zero-order chi connectivity index (χ0) is 14.6. The third-order valence-corrected chi connectivity index (χ3v) is 4.01. The molecule has 2 unspecified atom stereocenters. The van der Waals surface area contributed by atoms with Crippen molar-refractivity contribution < 1.29 is 9.53 Å². The minimum absolute atomic E-state index is 0.336. The number of anilines is 1. The topological polar surface area (TPSA) is 63.2 Å². The number of thiazole rings is 1. The molecule has 1 aliphatic rings. The number of aromatic nitrogens is 1. The average Bonchev–Trinajstić information content (AvgIpc) is 2.96. The summed E-state index contributed by atoms with van der Waals surface area (Å²) in [7, 11) is 0. The van der Waals surface area contributed by atoms with E-state index in [9.17, 15) is 4.79 Å². The second-order valence-corrected chi connectivity index (χ2v) is 7.06. The molecule has 1 heterocycles. The third-order valence-electron chi connectivity index (χ3n) is 3.31. The minimum atomic E-state index is -0.446. The number of carbonyl (C=O) groups is 1. The first-order valence-corrected chi connectivity index (χ1v) is 7.95. The third kappa shape index (κ3) is 4.67. The predicted molar refractivity (Wildman–Crippen MR) is 81.1 cm³/mol. The van der Waals surface area contributed by atoms with Crippen molar-refractivity contribution in [3.63, 3.8) is 0 Å². The molecule has 1 amide bonds. The highest BCUT2D eigenvalue weighted by Crippen LogP contribution is 2.28. The van der Waals surface area contributed by atoms with Crippen LogP contribution >= 0.6 is 11.3 Å². The van der Waals surface area contributed by atoms with E-state index in [0.29, 0.717) is 18.5 Å². The van der Waals surface area contributed by atoms with Gasteiger partial charge in [-0.15, -0.1) is 11.3 Å². The van der Waals surface area contributed by atoms with Crippen molar-refractivity contribution in [1.29, 1.82) is 0 Å². The molecule has 0 saturated heterocycles. The Balaban J connectivity index is 1.78. The second-order valence-electron chi connectivity index (χ2n) is 6.16. The summed E-state index contributed by atoms with van der Waals surface area (Å²) in [6.45, 7) is 6.26. The van der Waals surface area contributed by atoms with Crippen molar-refractivity contribution in [2.45, 2.75) is 51.7 Å². The Kier molecular flexibility index (Phi) is 4.86. The zero-order valence-electron chi connectivity index (χ0n) is 12.3. The zero-order valence-corrected chi connectivity index (χ0v) is 13.1. The quantitative estimate of drug-likeness (QED) is 0.895. The van der Waals surface area contributed by atoms with Gasteiger partial charge < -0.3 is 15.4 Å². The van der Waals surface area contributed by atoms with E-state index in [1.165, 1.54) is 6.42 Å². The van der Waals surface area contributed by atoms with Crippen LogP contribution in [-0.4, -0.2) is 29.3 Å². The van der Waals surface area contributed by atoms with Crippen LogP contribution in [0.2, 0.25) is 0 Å². The van der Waals surface area contributed by atoms with Gasteiger partial charge in [-0.1, -0.05) is 6.42 Å². The number of hydrogen-bond donors (Lipinski definition) is 2. The van der Waals surface area contributed by atoms with Crippen LogP contribution < -0.4 is 10.6 Å². The Morgan fingerprint density at radius 1 is 1.50 bits per heavy atom. The molecular weight excluding hydrogens is 274 g/mol. The van der Waals surface area contributed by atoms with E-state index in [1.54, 1.807) is 17.5 Å². The number of nitrogens with zero attached hydrogens (tertiary/aromatic N) is 1. The van der Waals surface area contributed by atoms with Crippen molar-refractivity contribution in [2.24, 2.45) is 5.92 Å². The molecule has 112 valence electrons. The van der Waals surface area contributed by atoms with Crippen LogP contribution in [0.3, 0.4) is 0 Å². The average molecular weight is 297 g/mol. The van der Waals surface area contributed by atoms with Crippen molar-refractivity contribution >= 4 is 22.6 Å². The molecule has 1 aromatic rings. The molecule has 1 aliphatic carbocycles. The fourth-order valence-corrected chi connectivity index (χ4v) is 3.04. The molecule has 20 heavy (non-hydrogen) atoms. The van der Waals surface area contributed by atoms with Crippen LogP contribution in [0.15, 0.2) is 11.6 Å². The van der Waals surface area contributed by atoms with Gasteiger partial charge in [0, 0.05) is 24.2 Å². The van der Waals surface area contributed by atoms with Crippen LogP contribution in [0, 0.1) is 5.92 Å². The molecule has 0 bridgehead atoms. The highest BCUT2D eigenvalue weighted by atomic mass is 32.1. The van der Waals surface area contributed by atoms with Gasteiger partial charge in [-0.25, -0.2) is 9.78 Å². The normalized spacial score (nSPS) is 22.6.